The van der Waals surface area contributed by atoms with Gasteiger partial charge in [0.1, 0.15) is 5.82 Å². The molecule has 4 N–H and O–H groups in total. The number of nitrogen functional groups attached to an aromatic ring is 1. The van der Waals surface area contributed by atoms with Crippen molar-refractivity contribution >= 4 is 22.6 Å². The summed E-state index contributed by atoms with van der Waals surface area (Å²) in [6, 6.07) is 5.69. The molecular weight excluding hydrogens is 254 g/mol. The van der Waals surface area contributed by atoms with Gasteiger partial charge in [0.25, 0.3) is 0 Å². The quantitative estimate of drug-likeness (QED) is 0.711. The number of hydrogen-bond donors (Lipinski definition) is 3. The Hall–Kier alpha value is -2.08. The van der Waals surface area contributed by atoms with Gasteiger partial charge in [-0.1, -0.05) is 0 Å². The summed E-state index contributed by atoms with van der Waals surface area (Å²) < 4.78 is 0. The van der Waals surface area contributed by atoms with Crippen LogP contribution >= 0.6 is 0 Å². The van der Waals surface area contributed by atoms with Gasteiger partial charge in [-0.25, -0.2) is 4.98 Å². The van der Waals surface area contributed by atoms with E-state index in [4.69, 9.17) is 5.73 Å². The highest BCUT2D eigenvalue weighted by Crippen LogP contribution is 2.15. The second kappa shape index (κ2) is 5.50. The number of H-pyrrole nitrogens is 1. The Morgan fingerprint density at radius 3 is 3.15 bits per heavy atom. The molecule has 0 spiro atoms. The van der Waals surface area contributed by atoms with Gasteiger partial charge in [-0.2, -0.15) is 0 Å². The van der Waals surface area contributed by atoms with Crippen molar-refractivity contribution in [2.24, 2.45) is 0 Å². The van der Waals surface area contributed by atoms with E-state index in [0.717, 1.165) is 55.1 Å². The van der Waals surface area contributed by atoms with Crippen LogP contribution in [-0.4, -0.2) is 47.0 Å². The van der Waals surface area contributed by atoms with E-state index in [9.17, 15) is 4.79 Å². The Balaban J connectivity index is 1.63. The normalized spacial score (nSPS) is 17.1. The van der Waals surface area contributed by atoms with Crippen molar-refractivity contribution in [1.82, 2.24) is 20.2 Å². The zero-order valence-electron chi connectivity index (χ0n) is 11.4. The molecule has 0 unspecified atom stereocenters. The monoisotopic (exact) mass is 273 g/mol. The molecule has 1 aliphatic heterocycles. The van der Waals surface area contributed by atoms with Gasteiger partial charge in [-0.05, 0) is 18.2 Å². The minimum absolute atomic E-state index is 0.145. The van der Waals surface area contributed by atoms with Gasteiger partial charge in [-0.3, -0.25) is 4.79 Å². The summed E-state index contributed by atoms with van der Waals surface area (Å²) in [5.74, 6) is 1.11. The fourth-order valence-corrected chi connectivity index (χ4v) is 2.50. The van der Waals surface area contributed by atoms with Gasteiger partial charge < -0.3 is 20.9 Å². The van der Waals surface area contributed by atoms with E-state index in [1.807, 2.05) is 18.2 Å². The number of amides is 1. The van der Waals surface area contributed by atoms with Crippen molar-refractivity contribution in [3.8, 4) is 0 Å². The maximum absolute atomic E-state index is 11.3. The summed E-state index contributed by atoms with van der Waals surface area (Å²) in [5, 5.41) is 2.88. The number of fused-ring (bicyclic) bond motifs is 1. The van der Waals surface area contributed by atoms with Crippen LogP contribution in [0.15, 0.2) is 18.2 Å². The smallest absolute Gasteiger partial charge is 0.221 e. The topological polar surface area (TPSA) is 87.0 Å². The molecule has 6 heteroatoms. The van der Waals surface area contributed by atoms with Crippen LogP contribution in [-0.2, 0) is 11.2 Å². The zero-order chi connectivity index (χ0) is 13.9. The largest absolute Gasteiger partial charge is 0.399 e. The molecule has 0 aliphatic carbocycles. The molecule has 0 bridgehead atoms. The first-order valence-corrected chi connectivity index (χ1v) is 6.94. The number of rotatable bonds is 3. The summed E-state index contributed by atoms with van der Waals surface area (Å²) in [4.78, 5) is 21.4. The second-order valence-corrected chi connectivity index (χ2v) is 5.15. The molecule has 0 saturated carbocycles. The highest BCUT2D eigenvalue weighted by molar-refractivity contribution is 5.78. The lowest BCUT2D eigenvalue weighted by Gasteiger charge is -2.17. The number of anilines is 1. The van der Waals surface area contributed by atoms with E-state index in [-0.39, 0.29) is 5.91 Å². The molecule has 2 heterocycles. The van der Waals surface area contributed by atoms with Gasteiger partial charge >= 0.3 is 0 Å². The van der Waals surface area contributed by atoms with Gasteiger partial charge in [0.15, 0.2) is 0 Å². The molecule has 106 valence electrons. The molecule has 0 radical (unpaired) electrons. The Labute approximate surface area is 117 Å². The van der Waals surface area contributed by atoms with Crippen LogP contribution in [0.4, 0.5) is 5.69 Å². The molecule has 20 heavy (non-hydrogen) atoms. The van der Waals surface area contributed by atoms with E-state index < -0.39 is 0 Å². The summed E-state index contributed by atoms with van der Waals surface area (Å²) in [6.45, 7) is 3.36. The van der Waals surface area contributed by atoms with Crippen molar-refractivity contribution < 1.29 is 4.79 Å². The van der Waals surface area contributed by atoms with Crippen LogP contribution in [0.3, 0.4) is 0 Å². The van der Waals surface area contributed by atoms with Crippen molar-refractivity contribution in [2.45, 2.75) is 12.8 Å². The van der Waals surface area contributed by atoms with E-state index >= 15 is 0 Å². The molecule has 1 aliphatic rings. The highest BCUT2D eigenvalue weighted by atomic mass is 16.1. The lowest BCUT2D eigenvalue weighted by molar-refractivity contribution is -0.120. The third-order valence-electron chi connectivity index (χ3n) is 3.63. The number of nitrogens with one attached hydrogen (secondary N) is 2. The van der Waals surface area contributed by atoms with E-state index in [1.165, 1.54) is 0 Å². The summed E-state index contributed by atoms with van der Waals surface area (Å²) in [5.41, 5.74) is 8.43. The molecular formula is C14H19N5O. The number of nitrogens with zero attached hydrogens (tertiary/aromatic N) is 2. The van der Waals surface area contributed by atoms with Crippen LogP contribution < -0.4 is 11.1 Å². The van der Waals surface area contributed by atoms with Crippen LogP contribution in [0.1, 0.15) is 12.2 Å². The van der Waals surface area contributed by atoms with Crippen LogP contribution in [0.2, 0.25) is 0 Å². The molecule has 1 aromatic carbocycles. The number of aromatic amines is 1. The molecule has 3 rings (SSSR count). The molecule has 1 aromatic heterocycles. The second-order valence-electron chi connectivity index (χ2n) is 5.15. The summed E-state index contributed by atoms with van der Waals surface area (Å²) in [6.07, 6.45) is 1.43. The van der Waals surface area contributed by atoms with Crippen molar-refractivity contribution in [3.63, 3.8) is 0 Å². The predicted octanol–water partition coefficient (Wildman–Crippen LogP) is 0.509. The van der Waals surface area contributed by atoms with Gasteiger partial charge in [0, 0.05) is 44.7 Å². The van der Waals surface area contributed by atoms with Crippen molar-refractivity contribution in [2.75, 3.05) is 31.9 Å². The first-order valence-electron chi connectivity index (χ1n) is 6.94. The first-order chi connectivity index (χ1) is 9.70. The molecule has 6 nitrogen and oxygen atoms in total. The number of aromatic nitrogens is 2. The maximum atomic E-state index is 11.3. The van der Waals surface area contributed by atoms with E-state index in [1.54, 1.807) is 0 Å². The SMILES string of the molecule is Nc1ccc2nc(CCN3CCNC(=O)CC3)[nH]c2c1. The Morgan fingerprint density at radius 2 is 2.25 bits per heavy atom. The van der Waals surface area contributed by atoms with Crippen LogP contribution in [0.25, 0.3) is 11.0 Å². The lowest BCUT2D eigenvalue weighted by Crippen LogP contribution is -2.30. The summed E-state index contributed by atoms with van der Waals surface area (Å²) >= 11 is 0. The van der Waals surface area contributed by atoms with E-state index in [2.05, 4.69) is 20.2 Å². The number of carbonyl (C=O) groups excluding carboxylic acids is 1. The van der Waals surface area contributed by atoms with E-state index in [0.29, 0.717) is 6.42 Å². The molecule has 2 aromatic rings. The Morgan fingerprint density at radius 1 is 1.35 bits per heavy atom. The number of carbonyl (C=O) groups is 1. The summed E-state index contributed by atoms with van der Waals surface area (Å²) in [7, 11) is 0. The number of benzene rings is 1. The minimum atomic E-state index is 0.145. The Bertz CT molecular complexity index is 621. The maximum Gasteiger partial charge on any atom is 0.221 e. The molecule has 0 atom stereocenters. The third-order valence-corrected chi connectivity index (χ3v) is 3.63. The predicted molar refractivity (Wildman–Crippen MR) is 78.3 cm³/mol. The standard InChI is InChI=1S/C14H19N5O/c15-10-1-2-11-12(9-10)18-13(17-11)3-6-19-7-4-14(20)16-5-8-19/h1-2,9H,3-8,15H2,(H,16,20)(H,17,18). The fraction of sp³-hybridized carbons (Fsp3) is 0.429. The number of hydrogen-bond acceptors (Lipinski definition) is 4. The average molecular weight is 273 g/mol. The highest BCUT2D eigenvalue weighted by Gasteiger charge is 2.13. The van der Waals surface area contributed by atoms with Crippen LogP contribution in [0.5, 0.6) is 0 Å². The Kier molecular flexibility index (Phi) is 3.56. The van der Waals surface area contributed by atoms with Gasteiger partial charge in [0.2, 0.25) is 5.91 Å². The fourth-order valence-electron chi connectivity index (χ4n) is 2.50. The molecule has 1 saturated heterocycles. The van der Waals surface area contributed by atoms with Gasteiger partial charge in [0.05, 0.1) is 11.0 Å². The third kappa shape index (κ3) is 2.91. The van der Waals surface area contributed by atoms with Crippen LogP contribution in [0, 0.1) is 0 Å². The molecule has 1 fully saturated rings. The minimum Gasteiger partial charge on any atom is -0.399 e. The lowest BCUT2D eigenvalue weighted by atomic mass is 10.3. The first kappa shape index (κ1) is 12.9. The van der Waals surface area contributed by atoms with Gasteiger partial charge in [-0.15, -0.1) is 0 Å². The molecule has 1 amide bonds. The number of imidazole rings is 1. The number of nitrogens with two attached hydrogens (primary N) is 1. The van der Waals surface area contributed by atoms with Crippen molar-refractivity contribution in [3.05, 3.63) is 24.0 Å². The average Bonchev–Trinajstić information content (AvgIpc) is 2.71. The zero-order valence-corrected chi connectivity index (χ0v) is 11.4. The van der Waals surface area contributed by atoms with Crippen molar-refractivity contribution in [1.29, 1.82) is 0 Å².